The van der Waals surface area contributed by atoms with Crippen molar-refractivity contribution in [1.29, 1.82) is 0 Å². The van der Waals surface area contributed by atoms with Gasteiger partial charge in [-0.2, -0.15) is 0 Å². The molecule has 2 saturated carbocycles. The fourth-order valence-corrected chi connectivity index (χ4v) is 2.34. The third-order valence-corrected chi connectivity index (χ3v) is 3.40. The van der Waals surface area contributed by atoms with E-state index in [0.29, 0.717) is 12.6 Å². The molecule has 0 atom stereocenters. The van der Waals surface area contributed by atoms with Crippen LogP contribution in [0.5, 0.6) is 0 Å². The topological polar surface area (TPSA) is 38.3 Å². The zero-order chi connectivity index (χ0) is 10.7. The average molecular weight is 211 g/mol. The molecule has 0 amide bonds. The smallest absolute Gasteiger partial charge is 0.308 e. The van der Waals surface area contributed by atoms with Gasteiger partial charge in [0.15, 0.2) is 0 Å². The highest BCUT2D eigenvalue weighted by Gasteiger charge is 2.30. The summed E-state index contributed by atoms with van der Waals surface area (Å²) in [5, 5.41) is 3.63. The number of esters is 1. The number of rotatable bonds is 4. The monoisotopic (exact) mass is 211 g/mol. The minimum absolute atomic E-state index is 0.0161. The molecule has 3 heteroatoms. The van der Waals surface area contributed by atoms with Crippen LogP contribution in [0.15, 0.2) is 0 Å². The summed E-state index contributed by atoms with van der Waals surface area (Å²) in [7, 11) is 0. The molecule has 15 heavy (non-hydrogen) atoms. The number of ether oxygens (including phenoxy) is 1. The maximum absolute atomic E-state index is 11.5. The molecule has 0 saturated heterocycles. The highest BCUT2D eigenvalue weighted by atomic mass is 16.5. The van der Waals surface area contributed by atoms with E-state index in [1.165, 1.54) is 12.8 Å². The Morgan fingerprint density at radius 1 is 1.13 bits per heavy atom. The van der Waals surface area contributed by atoms with Gasteiger partial charge in [0.25, 0.3) is 0 Å². The summed E-state index contributed by atoms with van der Waals surface area (Å²) in [6.07, 6.45) is 6.97. The second-order valence-corrected chi connectivity index (χ2v) is 4.74. The van der Waals surface area contributed by atoms with Crippen LogP contribution in [0.3, 0.4) is 0 Å². The lowest BCUT2D eigenvalue weighted by Crippen LogP contribution is -2.36. The predicted octanol–water partition coefficient (Wildman–Crippen LogP) is 1.86. The van der Waals surface area contributed by atoms with E-state index < -0.39 is 0 Å². The first-order valence-corrected chi connectivity index (χ1v) is 6.22. The van der Waals surface area contributed by atoms with Crippen LogP contribution in [0.2, 0.25) is 0 Å². The number of carbonyl (C=O) groups excluding carboxylic acids is 1. The molecule has 0 heterocycles. The molecular formula is C12H21NO2. The summed E-state index contributed by atoms with van der Waals surface area (Å²) in [5.74, 6) is 0.185. The number of nitrogens with one attached hydrogen (secondary N) is 1. The normalized spacial score (nSPS) is 31.3. The van der Waals surface area contributed by atoms with Gasteiger partial charge in [-0.1, -0.05) is 0 Å². The molecule has 0 aliphatic heterocycles. The van der Waals surface area contributed by atoms with Crippen LogP contribution in [0.1, 0.15) is 45.4 Å². The van der Waals surface area contributed by atoms with E-state index >= 15 is 0 Å². The molecule has 2 aliphatic carbocycles. The average Bonchev–Trinajstić information content (AvgIpc) is 3.03. The summed E-state index contributed by atoms with van der Waals surface area (Å²) in [6, 6.07) is 1.44. The van der Waals surface area contributed by atoms with Crippen molar-refractivity contribution in [2.75, 3.05) is 6.61 Å². The van der Waals surface area contributed by atoms with Crippen LogP contribution in [-0.2, 0) is 9.53 Å². The van der Waals surface area contributed by atoms with Crippen molar-refractivity contribution in [3.05, 3.63) is 0 Å². The quantitative estimate of drug-likeness (QED) is 0.721. The van der Waals surface area contributed by atoms with Gasteiger partial charge in [0.1, 0.15) is 0 Å². The van der Waals surface area contributed by atoms with Gasteiger partial charge in [-0.3, -0.25) is 4.79 Å². The molecule has 0 spiro atoms. The molecule has 2 rings (SSSR count). The Morgan fingerprint density at radius 2 is 1.67 bits per heavy atom. The largest absolute Gasteiger partial charge is 0.466 e. The Bertz CT molecular complexity index is 218. The second-order valence-electron chi connectivity index (χ2n) is 4.74. The van der Waals surface area contributed by atoms with Crippen LogP contribution in [-0.4, -0.2) is 24.7 Å². The first-order chi connectivity index (χ1) is 7.29. The van der Waals surface area contributed by atoms with Crippen LogP contribution in [0.4, 0.5) is 0 Å². The van der Waals surface area contributed by atoms with Crippen molar-refractivity contribution < 1.29 is 9.53 Å². The first-order valence-electron chi connectivity index (χ1n) is 6.22. The van der Waals surface area contributed by atoms with Crippen LogP contribution in [0.25, 0.3) is 0 Å². The first kappa shape index (κ1) is 10.9. The SMILES string of the molecule is CCOC(=O)C1CCC(NC2CC2)CC1. The number of carbonyl (C=O) groups is 1. The summed E-state index contributed by atoms with van der Waals surface area (Å²) < 4.78 is 5.05. The Balaban J connectivity index is 1.68. The van der Waals surface area contributed by atoms with Crippen molar-refractivity contribution >= 4 is 5.97 Å². The lowest BCUT2D eigenvalue weighted by atomic mass is 9.86. The zero-order valence-electron chi connectivity index (χ0n) is 9.50. The van der Waals surface area contributed by atoms with Gasteiger partial charge in [-0.25, -0.2) is 0 Å². The van der Waals surface area contributed by atoms with Crippen molar-refractivity contribution in [1.82, 2.24) is 5.32 Å². The maximum atomic E-state index is 11.5. The second kappa shape index (κ2) is 4.97. The predicted molar refractivity (Wildman–Crippen MR) is 58.5 cm³/mol. The Labute approximate surface area is 91.6 Å². The summed E-state index contributed by atoms with van der Waals surface area (Å²) in [6.45, 7) is 2.39. The molecule has 0 unspecified atom stereocenters. The van der Waals surface area contributed by atoms with Crippen molar-refractivity contribution in [3.63, 3.8) is 0 Å². The summed E-state index contributed by atoms with van der Waals surface area (Å²) >= 11 is 0. The van der Waals surface area contributed by atoms with E-state index in [0.717, 1.165) is 31.7 Å². The molecule has 86 valence electrons. The molecule has 0 bridgehead atoms. The van der Waals surface area contributed by atoms with E-state index in [1.807, 2.05) is 6.92 Å². The molecular weight excluding hydrogens is 190 g/mol. The van der Waals surface area contributed by atoms with Crippen molar-refractivity contribution in [3.8, 4) is 0 Å². The van der Waals surface area contributed by atoms with Crippen molar-refractivity contribution in [2.45, 2.75) is 57.5 Å². The third-order valence-electron chi connectivity index (χ3n) is 3.40. The van der Waals surface area contributed by atoms with Crippen LogP contribution >= 0.6 is 0 Å². The number of hydrogen-bond donors (Lipinski definition) is 1. The number of hydrogen-bond acceptors (Lipinski definition) is 3. The molecule has 0 radical (unpaired) electrons. The van der Waals surface area contributed by atoms with Gasteiger partial charge >= 0.3 is 5.97 Å². The maximum Gasteiger partial charge on any atom is 0.308 e. The molecule has 0 aromatic carbocycles. The molecule has 0 aromatic rings. The molecule has 2 aliphatic rings. The van der Waals surface area contributed by atoms with Crippen LogP contribution < -0.4 is 5.32 Å². The summed E-state index contributed by atoms with van der Waals surface area (Å²) in [5.41, 5.74) is 0. The minimum atomic E-state index is 0.0161. The Hall–Kier alpha value is -0.570. The van der Waals surface area contributed by atoms with Gasteiger partial charge in [0.2, 0.25) is 0 Å². The van der Waals surface area contributed by atoms with Gasteiger partial charge in [0, 0.05) is 12.1 Å². The highest BCUT2D eigenvalue weighted by molar-refractivity contribution is 5.72. The van der Waals surface area contributed by atoms with E-state index in [-0.39, 0.29) is 11.9 Å². The van der Waals surface area contributed by atoms with E-state index in [2.05, 4.69) is 5.32 Å². The Kier molecular flexibility index (Phi) is 3.62. The van der Waals surface area contributed by atoms with Crippen molar-refractivity contribution in [2.24, 2.45) is 5.92 Å². The lowest BCUT2D eigenvalue weighted by molar-refractivity contribution is -0.149. The van der Waals surface area contributed by atoms with Gasteiger partial charge in [-0.15, -0.1) is 0 Å². The molecule has 1 N–H and O–H groups in total. The third kappa shape index (κ3) is 3.20. The van der Waals surface area contributed by atoms with Crippen LogP contribution in [0, 0.1) is 5.92 Å². The van der Waals surface area contributed by atoms with Gasteiger partial charge < -0.3 is 10.1 Å². The Morgan fingerprint density at radius 3 is 2.13 bits per heavy atom. The standard InChI is InChI=1S/C12H21NO2/c1-2-15-12(14)9-3-5-10(6-4-9)13-11-7-8-11/h9-11,13H,2-8H2,1H3. The molecule has 3 nitrogen and oxygen atoms in total. The van der Waals surface area contributed by atoms with Gasteiger partial charge in [-0.05, 0) is 45.4 Å². The highest BCUT2D eigenvalue weighted by Crippen LogP contribution is 2.28. The summed E-state index contributed by atoms with van der Waals surface area (Å²) in [4.78, 5) is 11.5. The van der Waals surface area contributed by atoms with E-state index in [9.17, 15) is 4.79 Å². The fraction of sp³-hybridized carbons (Fsp3) is 0.917. The molecule has 0 aromatic heterocycles. The van der Waals surface area contributed by atoms with E-state index in [4.69, 9.17) is 4.74 Å². The zero-order valence-corrected chi connectivity index (χ0v) is 9.50. The lowest BCUT2D eigenvalue weighted by Gasteiger charge is -2.27. The minimum Gasteiger partial charge on any atom is -0.466 e. The van der Waals surface area contributed by atoms with E-state index in [1.54, 1.807) is 0 Å². The van der Waals surface area contributed by atoms with Gasteiger partial charge in [0.05, 0.1) is 12.5 Å². The molecule has 2 fully saturated rings. The fourth-order valence-electron chi connectivity index (χ4n) is 2.34.